The third kappa shape index (κ3) is 9.43. The van der Waals surface area contributed by atoms with Gasteiger partial charge >= 0.3 is 5.97 Å². The van der Waals surface area contributed by atoms with Gasteiger partial charge < -0.3 is 5.11 Å². The van der Waals surface area contributed by atoms with Gasteiger partial charge in [0.15, 0.2) is 0 Å². The number of carboxylic acids is 1. The van der Waals surface area contributed by atoms with Crippen LogP contribution in [0.5, 0.6) is 0 Å². The molecule has 0 fully saturated rings. The van der Waals surface area contributed by atoms with E-state index < -0.39 is 5.97 Å². The van der Waals surface area contributed by atoms with Crippen molar-refractivity contribution in [3.8, 4) is 0 Å². The monoisotopic (exact) mass is 318 g/mol. The van der Waals surface area contributed by atoms with Crippen molar-refractivity contribution in [3.05, 3.63) is 35.4 Å². The topological polar surface area (TPSA) is 37.3 Å². The molecule has 0 saturated carbocycles. The molecule has 2 unspecified atom stereocenters. The van der Waals surface area contributed by atoms with Crippen LogP contribution in [0.15, 0.2) is 24.3 Å². The fourth-order valence-electron chi connectivity index (χ4n) is 3.22. The van der Waals surface area contributed by atoms with Gasteiger partial charge in [0.25, 0.3) is 0 Å². The van der Waals surface area contributed by atoms with Crippen LogP contribution in [0.2, 0.25) is 0 Å². The van der Waals surface area contributed by atoms with Crippen LogP contribution in [0.3, 0.4) is 0 Å². The van der Waals surface area contributed by atoms with E-state index in [1.807, 2.05) is 6.92 Å². The van der Waals surface area contributed by atoms with Crippen molar-refractivity contribution < 1.29 is 9.90 Å². The van der Waals surface area contributed by atoms with Gasteiger partial charge in [-0.3, -0.25) is 4.79 Å². The summed E-state index contributed by atoms with van der Waals surface area (Å²) in [5, 5.41) is 8.77. The Kier molecular flexibility index (Phi) is 9.66. The average Bonchev–Trinajstić information content (AvgIpc) is 2.48. The zero-order valence-corrected chi connectivity index (χ0v) is 15.2. The molecule has 1 rings (SSSR count). The Hall–Kier alpha value is -1.31. The molecule has 1 aromatic carbocycles. The molecule has 1 aromatic rings. The summed E-state index contributed by atoms with van der Waals surface area (Å²) in [7, 11) is 0. The molecular formula is C21H34O2. The lowest BCUT2D eigenvalue weighted by Gasteiger charge is -2.10. The lowest BCUT2D eigenvalue weighted by Crippen LogP contribution is -2.04. The first-order valence-electron chi connectivity index (χ1n) is 9.30. The van der Waals surface area contributed by atoms with Gasteiger partial charge in [-0.05, 0) is 55.1 Å². The predicted octanol–water partition coefficient (Wildman–Crippen LogP) is 5.88. The zero-order valence-electron chi connectivity index (χ0n) is 15.2. The van der Waals surface area contributed by atoms with Crippen molar-refractivity contribution in [2.45, 2.75) is 78.6 Å². The van der Waals surface area contributed by atoms with Gasteiger partial charge in [0.2, 0.25) is 0 Å². The lowest BCUT2D eigenvalue weighted by atomic mass is 9.96. The van der Waals surface area contributed by atoms with Crippen molar-refractivity contribution in [1.29, 1.82) is 0 Å². The molecule has 0 bridgehead atoms. The van der Waals surface area contributed by atoms with Crippen molar-refractivity contribution in [2.24, 2.45) is 11.8 Å². The standard InChI is InChI=1S/C21H34O2/c1-4-7-17(2)8-5-10-19-12-14-20(15-13-19)11-6-9-18(3)16-21(22)23/h12-15,17-18H,4-11,16H2,1-3H3,(H,22,23). The summed E-state index contributed by atoms with van der Waals surface area (Å²) in [5.41, 5.74) is 2.81. The Bertz CT molecular complexity index is 436. The molecule has 0 radical (unpaired) electrons. The van der Waals surface area contributed by atoms with E-state index >= 15 is 0 Å². The Labute approximate surface area is 142 Å². The highest BCUT2D eigenvalue weighted by molar-refractivity contribution is 5.66. The van der Waals surface area contributed by atoms with Crippen LogP contribution in [-0.4, -0.2) is 11.1 Å². The van der Waals surface area contributed by atoms with Crippen molar-refractivity contribution in [1.82, 2.24) is 0 Å². The molecule has 0 heterocycles. The summed E-state index contributed by atoms with van der Waals surface area (Å²) in [6, 6.07) is 9.01. The summed E-state index contributed by atoms with van der Waals surface area (Å²) in [6.07, 6.45) is 9.84. The Morgan fingerprint density at radius 3 is 1.83 bits per heavy atom. The van der Waals surface area contributed by atoms with E-state index in [4.69, 9.17) is 5.11 Å². The quantitative estimate of drug-likeness (QED) is 0.522. The summed E-state index contributed by atoms with van der Waals surface area (Å²) >= 11 is 0. The van der Waals surface area contributed by atoms with Crippen molar-refractivity contribution in [3.63, 3.8) is 0 Å². The van der Waals surface area contributed by atoms with Crippen LogP contribution in [-0.2, 0) is 17.6 Å². The largest absolute Gasteiger partial charge is 0.481 e. The van der Waals surface area contributed by atoms with Gasteiger partial charge in [-0.25, -0.2) is 0 Å². The summed E-state index contributed by atoms with van der Waals surface area (Å²) < 4.78 is 0. The van der Waals surface area contributed by atoms with Crippen LogP contribution in [0.1, 0.15) is 76.8 Å². The number of rotatable bonds is 12. The first kappa shape index (κ1) is 19.7. The van der Waals surface area contributed by atoms with Crippen LogP contribution < -0.4 is 0 Å². The molecule has 0 aliphatic heterocycles. The van der Waals surface area contributed by atoms with Crippen LogP contribution >= 0.6 is 0 Å². The second kappa shape index (κ2) is 11.3. The molecule has 0 spiro atoms. The lowest BCUT2D eigenvalue weighted by molar-refractivity contribution is -0.138. The Morgan fingerprint density at radius 1 is 0.913 bits per heavy atom. The molecule has 130 valence electrons. The van der Waals surface area contributed by atoms with E-state index in [9.17, 15) is 4.79 Å². The molecule has 0 aromatic heterocycles. The Balaban J connectivity index is 2.24. The number of hydrogen-bond donors (Lipinski definition) is 1. The molecule has 0 amide bonds. The van der Waals surface area contributed by atoms with Gasteiger partial charge in [-0.15, -0.1) is 0 Å². The van der Waals surface area contributed by atoms with E-state index in [0.717, 1.165) is 25.2 Å². The molecule has 0 saturated heterocycles. The highest BCUT2D eigenvalue weighted by atomic mass is 16.4. The molecule has 2 atom stereocenters. The number of hydrogen-bond acceptors (Lipinski definition) is 1. The van der Waals surface area contributed by atoms with Gasteiger partial charge in [0.05, 0.1) is 0 Å². The van der Waals surface area contributed by atoms with Crippen LogP contribution in [0.25, 0.3) is 0 Å². The average molecular weight is 319 g/mol. The minimum absolute atomic E-state index is 0.275. The highest BCUT2D eigenvalue weighted by Gasteiger charge is 2.07. The maximum absolute atomic E-state index is 10.6. The minimum atomic E-state index is -0.685. The molecule has 0 aliphatic carbocycles. The molecule has 1 N–H and O–H groups in total. The Morgan fingerprint density at radius 2 is 1.39 bits per heavy atom. The molecule has 23 heavy (non-hydrogen) atoms. The molecule has 0 aliphatic rings. The maximum Gasteiger partial charge on any atom is 0.303 e. The molecule has 2 nitrogen and oxygen atoms in total. The van der Waals surface area contributed by atoms with Gasteiger partial charge in [-0.1, -0.05) is 64.3 Å². The number of carbonyl (C=O) groups is 1. The normalized spacial score (nSPS) is 13.7. The van der Waals surface area contributed by atoms with E-state index in [-0.39, 0.29) is 12.3 Å². The predicted molar refractivity (Wildman–Crippen MR) is 97.8 cm³/mol. The maximum atomic E-state index is 10.6. The van der Waals surface area contributed by atoms with E-state index in [0.29, 0.717) is 0 Å². The van der Waals surface area contributed by atoms with E-state index in [1.54, 1.807) is 0 Å². The fourth-order valence-corrected chi connectivity index (χ4v) is 3.22. The molecule has 2 heteroatoms. The van der Waals surface area contributed by atoms with Crippen LogP contribution in [0.4, 0.5) is 0 Å². The fraction of sp³-hybridized carbons (Fsp3) is 0.667. The third-order valence-electron chi connectivity index (χ3n) is 4.65. The smallest absolute Gasteiger partial charge is 0.303 e. The first-order chi connectivity index (χ1) is 11.0. The third-order valence-corrected chi connectivity index (χ3v) is 4.65. The second-order valence-electron chi connectivity index (χ2n) is 7.20. The second-order valence-corrected chi connectivity index (χ2v) is 7.20. The van der Waals surface area contributed by atoms with Crippen LogP contribution in [0, 0.1) is 11.8 Å². The van der Waals surface area contributed by atoms with E-state index in [1.165, 1.54) is 43.2 Å². The molecular weight excluding hydrogens is 284 g/mol. The summed E-state index contributed by atoms with van der Waals surface area (Å²) in [4.78, 5) is 10.6. The number of aryl methyl sites for hydroxylation is 2. The number of benzene rings is 1. The summed E-state index contributed by atoms with van der Waals surface area (Å²) in [6.45, 7) is 6.65. The first-order valence-corrected chi connectivity index (χ1v) is 9.30. The van der Waals surface area contributed by atoms with Crippen molar-refractivity contribution in [2.75, 3.05) is 0 Å². The van der Waals surface area contributed by atoms with Gasteiger partial charge in [0, 0.05) is 6.42 Å². The highest BCUT2D eigenvalue weighted by Crippen LogP contribution is 2.17. The zero-order chi connectivity index (χ0) is 17.1. The SMILES string of the molecule is CCCC(C)CCCc1ccc(CCCC(C)CC(=O)O)cc1. The summed E-state index contributed by atoms with van der Waals surface area (Å²) in [5.74, 6) is 0.444. The number of aliphatic carboxylic acids is 1. The van der Waals surface area contributed by atoms with Crippen molar-refractivity contribution >= 4 is 5.97 Å². The van der Waals surface area contributed by atoms with Gasteiger partial charge in [0.1, 0.15) is 0 Å². The minimum Gasteiger partial charge on any atom is -0.481 e. The number of carboxylic acid groups (broad SMARTS) is 1. The van der Waals surface area contributed by atoms with E-state index in [2.05, 4.69) is 38.1 Å². The van der Waals surface area contributed by atoms with Gasteiger partial charge in [-0.2, -0.15) is 0 Å².